The molecule has 0 aromatic rings. The van der Waals surface area contributed by atoms with Gasteiger partial charge in [-0.3, -0.25) is 4.90 Å². The quantitative estimate of drug-likeness (QED) is 0.347. The van der Waals surface area contributed by atoms with Crippen LogP contribution in [-0.4, -0.2) is 88.1 Å². The highest BCUT2D eigenvalue weighted by Crippen LogP contribution is 2.72. The molecular formula is C26H57N5P2. The lowest BCUT2D eigenvalue weighted by Crippen LogP contribution is -2.55. The Kier molecular flexibility index (Phi) is 10.5. The highest BCUT2D eigenvalue weighted by atomic mass is 31.2. The summed E-state index contributed by atoms with van der Waals surface area (Å²) in [7, 11) is -2.59. The van der Waals surface area contributed by atoms with Crippen molar-refractivity contribution in [3.05, 3.63) is 0 Å². The highest BCUT2D eigenvalue weighted by Gasteiger charge is 2.47. The maximum Gasteiger partial charge on any atom is 0.171 e. The van der Waals surface area contributed by atoms with Crippen LogP contribution in [0.3, 0.4) is 0 Å². The van der Waals surface area contributed by atoms with Crippen LogP contribution in [0.4, 0.5) is 0 Å². The van der Waals surface area contributed by atoms with Gasteiger partial charge in [0, 0.05) is 77.3 Å². The molecule has 0 amide bonds. The largest absolute Gasteiger partial charge is 0.299 e. The van der Waals surface area contributed by atoms with E-state index in [0.29, 0.717) is 17.8 Å². The number of rotatable bonds is 7. The van der Waals surface area contributed by atoms with Crippen LogP contribution < -0.4 is 0 Å². The van der Waals surface area contributed by atoms with E-state index in [1.165, 1.54) is 19.6 Å². The maximum atomic E-state index is 6.26. The van der Waals surface area contributed by atoms with Crippen LogP contribution in [0.25, 0.3) is 0 Å². The first kappa shape index (κ1) is 29.7. The predicted octanol–water partition coefficient (Wildman–Crippen LogP) is 7.13. The Morgan fingerprint density at radius 2 is 0.909 bits per heavy atom. The van der Waals surface area contributed by atoms with E-state index >= 15 is 0 Å². The zero-order chi connectivity index (χ0) is 25.2. The van der Waals surface area contributed by atoms with Crippen LogP contribution in [0.1, 0.15) is 83.1 Å². The van der Waals surface area contributed by atoms with Gasteiger partial charge in [0.05, 0.1) is 0 Å². The third-order valence-corrected chi connectivity index (χ3v) is 14.0. The molecule has 3 rings (SSSR count). The summed E-state index contributed by atoms with van der Waals surface area (Å²) >= 11 is 0. The van der Waals surface area contributed by atoms with Gasteiger partial charge >= 0.3 is 0 Å². The summed E-state index contributed by atoms with van der Waals surface area (Å²) in [5.41, 5.74) is 0. The summed E-state index contributed by atoms with van der Waals surface area (Å²) in [5.74, 6) is 1.93. The lowest BCUT2D eigenvalue weighted by molar-refractivity contribution is 0.148. The molecule has 3 aliphatic rings. The molecule has 3 aliphatic heterocycles. The third-order valence-electron chi connectivity index (χ3n) is 6.37. The van der Waals surface area contributed by atoms with Crippen molar-refractivity contribution >= 4 is 15.6 Å². The highest BCUT2D eigenvalue weighted by molar-refractivity contribution is 7.70. The van der Waals surface area contributed by atoms with E-state index in [-0.39, 0.29) is 10.3 Å². The normalized spacial score (nSPS) is 27.0. The average molecular weight is 502 g/mol. The maximum absolute atomic E-state index is 6.26. The van der Waals surface area contributed by atoms with E-state index in [4.69, 9.17) is 4.52 Å². The minimum atomic E-state index is -2.04. The minimum absolute atomic E-state index is 0.190. The first-order valence-corrected chi connectivity index (χ1v) is 16.4. The van der Waals surface area contributed by atoms with Gasteiger partial charge in [0.15, 0.2) is 7.51 Å². The van der Waals surface area contributed by atoms with Crippen molar-refractivity contribution in [2.45, 2.75) is 93.4 Å². The molecule has 0 aromatic heterocycles. The smallest absolute Gasteiger partial charge is 0.171 e. The van der Waals surface area contributed by atoms with Crippen LogP contribution >= 0.6 is 15.6 Å². The van der Waals surface area contributed by atoms with Crippen molar-refractivity contribution in [3.8, 4) is 0 Å². The van der Waals surface area contributed by atoms with Crippen molar-refractivity contribution in [2.75, 3.05) is 58.9 Å². The first-order chi connectivity index (χ1) is 15.1. The van der Waals surface area contributed by atoms with Crippen LogP contribution in [-0.2, 0) is 0 Å². The molecule has 0 aromatic carbocycles. The fraction of sp³-hybridized carbons (Fsp3) is 1.00. The summed E-state index contributed by atoms with van der Waals surface area (Å²) < 4.78 is 15.0. The molecular weight excluding hydrogens is 444 g/mol. The molecule has 5 nitrogen and oxygen atoms in total. The summed E-state index contributed by atoms with van der Waals surface area (Å²) in [5, 5.41) is 0.380. The molecule has 196 valence electrons. The van der Waals surface area contributed by atoms with Gasteiger partial charge in [0.25, 0.3) is 0 Å². The molecule has 2 bridgehead atoms. The van der Waals surface area contributed by atoms with Crippen LogP contribution in [0.5, 0.6) is 0 Å². The Labute approximate surface area is 209 Å². The number of hydrogen-bond acceptors (Lipinski definition) is 2. The van der Waals surface area contributed by atoms with Gasteiger partial charge in [0.2, 0.25) is 0 Å². The van der Waals surface area contributed by atoms with Crippen molar-refractivity contribution in [3.63, 3.8) is 0 Å². The molecule has 0 unspecified atom stereocenters. The molecule has 3 fully saturated rings. The topological polar surface area (TPSA) is 25.3 Å². The second-order valence-electron chi connectivity index (χ2n) is 13.5. The molecule has 3 saturated heterocycles. The molecule has 3 heterocycles. The molecule has 0 saturated carbocycles. The lowest BCUT2D eigenvalue weighted by Gasteiger charge is -2.56. The van der Waals surface area contributed by atoms with E-state index in [0.717, 1.165) is 39.3 Å². The summed E-state index contributed by atoms with van der Waals surface area (Å²) in [6, 6.07) is 0. The minimum Gasteiger partial charge on any atom is -0.299 e. The van der Waals surface area contributed by atoms with Gasteiger partial charge in [-0.25, -0.2) is 18.5 Å². The molecule has 0 atom stereocenters. The molecule has 0 aliphatic carbocycles. The Morgan fingerprint density at radius 1 is 0.606 bits per heavy atom. The number of fused-ring (bicyclic) bond motifs is 6. The van der Waals surface area contributed by atoms with Gasteiger partial charge in [-0.2, -0.15) is 0 Å². The number of nitrogens with zero attached hydrogens (tertiary/aromatic N) is 5. The molecule has 33 heavy (non-hydrogen) atoms. The molecule has 0 radical (unpaired) electrons. The van der Waals surface area contributed by atoms with E-state index in [9.17, 15) is 0 Å². The first-order valence-electron chi connectivity index (χ1n) is 13.5. The fourth-order valence-corrected chi connectivity index (χ4v) is 15.7. The summed E-state index contributed by atoms with van der Waals surface area (Å²) in [6.07, 6.45) is 0. The van der Waals surface area contributed by atoms with Crippen LogP contribution in [0.2, 0.25) is 0 Å². The number of hydrogen-bond donors (Lipinski definition) is 0. The predicted molar refractivity (Wildman–Crippen MR) is 151 cm³/mol. The van der Waals surface area contributed by atoms with Crippen molar-refractivity contribution in [1.29, 1.82) is 0 Å². The van der Waals surface area contributed by atoms with Gasteiger partial charge < -0.3 is 0 Å². The van der Waals surface area contributed by atoms with Crippen LogP contribution in [0, 0.1) is 17.8 Å². The summed E-state index contributed by atoms with van der Waals surface area (Å²) in [6.45, 7) is 39.5. The van der Waals surface area contributed by atoms with E-state index in [1.54, 1.807) is 0 Å². The Hall–Kier alpha value is 0.500. The van der Waals surface area contributed by atoms with Gasteiger partial charge in [-0.05, 0) is 17.8 Å². The van der Waals surface area contributed by atoms with Crippen molar-refractivity contribution < 1.29 is 0 Å². The zero-order valence-electron chi connectivity index (χ0n) is 24.2. The molecule has 7 heteroatoms. The van der Waals surface area contributed by atoms with Gasteiger partial charge in [0.1, 0.15) is 0 Å². The Bertz CT molecular complexity index is 587. The second-order valence-corrected chi connectivity index (χ2v) is 20.3. The van der Waals surface area contributed by atoms with E-state index < -0.39 is 15.6 Å². The SMILES string of the molecule is CC(C)CN1CCN2CCN(CC(C)C)P1(=NP(C(C)(C)C)C(C)(C)C)N(CC(C)C)CC2. The Morgan fingerprint density at radius 3 is 1.15 bits per heavy atom. The van der Waals surface area contributed by atoms with Crippen LogP contribution in [0.15, 0.2) is 4.52 Å². The summed E-state index contributed by atoms with van der Waals surface area (Å²) in [4.78, 5) is 2.72. The Balaban J connectivity index is 2.90. The van der Waals surface area contributed by atoms with E-state index in [2.05, 4.69) is 102 Å². The zero-order valence-corrected chi connectivity index (χ0v) is 26.0. The molecule has 0 spiro atoms. The van der Waals surface area contributed by atoms with Gasteiger partial charge in [-0.1, -0.05) is 83.1 Å². The van der Waals surface area contributed by atoms with Crippen molar-refractivity contribution in [1.82, 2.24) is 18.9 Å². The molecule has 0 N–H and O–H groups in total. The standard InChI is InChI=1S/C26H57N5P2/c1-22(2)19-29-16-13-28-14-17-30(20-23(3)4)33(29,31(18-15-28)21-24(5)6)27-32(25(7,8)9)26(10,11)12/h22-24H,13-21H2,1-12H3. The van der Waals surface area contributed by atoms with Gasteiger partial charge in [-0.15, -0.1) is 0 Å². The average Bonchev–Trinajstić information content (AvgIpc) is 2.60. The van der Waals surface area contributed by atoms with Crippen molar-refractivity contribution in [2.24, 2.45) is 22.3 Å². The van der Waals surface area contributed by atoms with E-state index in [1.807, 2.05) is 0 Å². The third kappa shape index (κ3) is 7.74. The lowest BCUT2D eigenvalue weighted by atomic mass is 10.2. The fourth-order valence-electron chi connectivity index (χ4n) is 5.48. The second kappa shape index (κ2) is 11.7. The monoisotopic (exact) mass is 501 g/mol.